The van der Waals surface area contributed by atoms with Crippen LogP contribution in [-0.2, 0) is 6.54 Å². The van der Waals surface area contributed by atoms with Gasteiger partial charge in [-0.3, -0.25) is 0 Å². The average molecular weight is 155 g/mol. The minimum atomic E-state index is 0.270. The van der Waals surface area contributed by atoms with Gasteiger partial charge in [-0.2, -0.15) is 0 Å². The first-order chi connectivity index (χ1) is 5.29. The van der Waals surface area contributed by atoms with E-state index in [1.54, 1.807) is 11.0 Å². The van der Waals surface area contributed by atoms with Crippen LogP contribution in [0.2, 0.25) is 0 Å². The lowest BCUT2D eigenvalue weighted by Gasteiger charge is -2.02. The zero-order chi connectivity index (χ0) is 8.10. The molecule has 0 aromatic carbocycles. The Balaban J connectivity index is 2.14. The summed E-state index contributed by atoms with van der Waals surface area (Å²) in [6, 6.07) is 0.270. The zero-order valence-electron chi connectivity index (χ0n) is 6.64. The first-order valence-electron chi connectivity index (χ1n) is 3.75. The third-order valence-electron chi connectivity index (χ3n) is 1.44. The van der Waals surface area contributed by atoms with Gasteiger partial charge in [-0.1, -0.05) is 0 Å². The standard InChI is InChI=1S/C6H13N5/c1-6(7)3-2-4-11-5-8-9-10-11/h5-6H,2-4,7H2,1H3/t6-/m1/s1. The van der Waals surface area contributed by atoms with Crippen LogP contribution in [0.4, 0.5) is 0 Å². The number of aryl methyl sites for hydroxylation is 1. The highest BCUT2D eigenvalue weighted by molar-refractivity contribution is 4.54. The summed E-state index contributed by atoms with van der Waals surface area (Å²) in [4.78, 5) is 0. The van der Waals surface area contributed by atoms with Gasteiger partial charge < -0.3 is 5.73 Å². The van der Waals surface area contributed by atoms with Crippen LogP contribution < -0.4 is 5.73 Å². The molecule has 1 aromatic heterocycles. The molecular weight excluding hydrogens is 142 g/mol. The van der Waals surface area contributed by atoms with Crippen LogP contribution in [0.5, 0.6) is 0 Å². The van der Waals surface area contributed by atoms with Crippen molar-refractivity contribution in [3.8, 4) is 0 Å². The highest BCUT2D eigenvalue weighted by atomic mass is 15.5. The molecule has 0 aliphatic heterocycles. The van der Waals surface area contributed by atoms with E-state index in [1.807, 2.05) is 6.92 Å². The van der Waals surface area contributed by atoms with Crippen molar-refractivity contribution < 1.29 is 0 Å². The predicted molar refractivity (Wildman–Crippen MR) is 40.7 cm³/mol. The van der Waals surface area contributed by atoms with Gasteiger partial charge in [0.25, 0.3) is 0 Å². The Morgan fingerprint density at radius 3 is 3.00 bits per heavy atom. The molecule has 1 atom stereocenters. The Hall–Kier alpha value is -0.970. The number of hydrogen-bond acceptors (Lipinski definition) is 4. The second-order valence-electron chi connectivity index (χ2n) is 2.69. The minimum absolute atomic E-state index is 0.270. The van der Waals surface area contributed by atoms with E-state index in [0.717, 1.165) is 19.4 Å². The van der Waals surface area contributed by atoms with Crippen molar-refractivity contribution in [1.82, 2.24) is 20.2 Å². The SMILES string of the molecule is C[C@@H](N)CCCn1cnnn1. The number of nitrogens with two attached hydrogens (primary N) is 1. The van der Waals surface area contributed by atoms with Crippen LogP contribution in [0.1, 0.15) is 19.8 Å². The van der Waals surface area contributed by atoms with Crippen molar-refractivity contribution in [2.24, 2.45) is 5.73 Å². The lowest BCUT2D eigenvalue weighted by molar-refractivity contribution is 0.513. The molecule has 0 aliphatic carbocycles. The lowest BCUT2D eigenvalue weighted by atomic mass is 10.2. The van der Waals surface area contributed by atoms with Gasteiger partial charge in [0.1, 0.15) is 6.33 Å². The third kappa shape index (κ3) is 3.08. The Kier molecular flexibility index (Phi) is 2.97. The van der Waals surface area contributed by atoms with Crippen LogP contribution in [-0.4, -0.2) is 26.2 Å². The van der Waals surface area contributed by atoms with E-state index in [1.165, 1.54) is 0 Å². The lowest BCUT2D eigenvalue weighted by Crippen LogP contribution is -2.15. The molecule has 0 amide bonds. The third-order valence-corrected chi connectivity index (χ3v) is 1.44. The van der Waals surface area contributed by atoms with Crippen molar-refractivity contribution in [2.75, 3.05) is 0 Å². The maximum atomic E-state index is 5.57. The molecule has 0 saturated heterocycles. The number of aromatic nitrogens is 4. The summed E-state index contributed by atoms with van der Waals surface area (Å²) >= 11 is 0. The van der Waals surface area contributed by atoms with Crippen molar-refractivity contribution in [1.29, 1.82) is 0 Å². The van der Waals surface area contributed by atoms with Gasteiger partial charge in [-0.25, -0.2) is 4.68 Å². The topological polar surface area (TPSA) is 69.6 Å². The maximum Gasteiger partial charge on any atom is 0.138 e. The monoisotopic (exact) mass is 155 g/mol. The molecule has 11 heavy (non-hydrogen) atoms. The van der Waals surface area contributed by atoms with Gasteiger partial charge in [0.05, 0.1) is 0 Å². The van der Waals surface area contributed by atoms with Crippen LogP contribution in [0.15, 0.2) is 6.33 Å². The Morgan fingerprint density at radius 1 is 1.64 bits per heavy atom. The molecule has 0 unspecified atom stereocenters. The van der Waals surface area contributed by atoms with Gasteiger partial charge in [0.2, 0.25) is 0 Å². The minimum Gasteiger partial charge on any atom is -0.328 e. The van der Waals surface area contributed by atoms with E-state index in [0.29, 0.717) is 0 Å². The van der Waals surface area contributed by atoms with Crippen molar-refractivity contribution in [2.45, 2.75) is 32.4 Å². The molecule has 0 radical (unpaired) electrons. The van der Waals surface area contributed by atoms with Crippen LogP contribution >= 0.6 is 0 Å². The predicted octanol–water partition coefficient (Wildman–Crippen LogP) is -0.200. The van der Waals surface area contributed by atoms with E-state index in [4.69, 9.17) is 5.73 Å². The number of rotatable bonds is 4. The van der Waals surface area contributed by atoms with Crippen molar-refractivity contribution in [3.05, 3.63) is 6.33 Å². The molecule has 1 rings (SSSR count). The molecule has 0 fully saturated rings. The van der Waals surface area contributed by atoms with Crippen LogP contribution in [0, 0.1) is 0 Å². The van der Waals surface area contributed by atoms with E-state index in [2.05, 4.69) is 15.5 Å². The Bertz CT molecular complexity index is 181. The Labute approximate surface area is 65.6 Å². The van der Waals surface area contributed by atoms with Crippen LogP contribution in [0.25, 0.3) is 0 Å². The van der Waals surface area contributed by atoms with Gasteiger partial charge >= 0.3 is 0 Å². The largest absolute Gasteiger partial charge is 0.328 e. The van der Waals surface area contributed by atoms with Gasteiger partial charge in [-0.05, 0) is 30.2 Å². The van der Waals surface area contributed by atoms with Gasteiger partial charge in [0.15, 0.2) is 0 Å². The summed E-state index contributed by atoms with van der Waals surface area (Å²) in [5.41, 5.74) is 5.57. The second kappa shape index (κ2) is 4.02. The number of hydrogen-bond donors (Lipinski definition) is 1. The maximum absolute atomic E-state index is 5.57. The number of nitrogens with zero attached hydrogens (tertiary/aromatic N) is 4. The zero-order valence-corrected chi connectivity index (χ0v) is 6.64. The fourth-order valence-electron chi connectivity index (χ4n) is 0.858. The molecule has 2 N–H and O–H groups in total. The summed E-state index contributed by atoms with van der Waals surface area (Å²) in [5.74, 6) is 0. The molecule has 0 bridgehead atoms. The summed E-state index contributed by atoms with van der Waals surface area (Å²) < 4.78 is 1.71. The second-order valence-corrected chi connectivity index (χ2v) is 2.69. The van der Waals surface area contributed by atoms with E-state index in [9.17, 15) is 0 Å². The molecule has 1 heterocycles. The molecular formula is C6H13N5. The summed E-state index contributed by atoms with van der Waals surface area (Å²) in [6.45, 7) is 2.86. The van der Waals surface area contributed by atoms with Crippen molar-refractivity contribution >= 4 is 0 Å². The normalized spacial score (nSPS) is 13.3. The van der Waals surface area contributed by atoms with Crippen molar-refractivity contribution in [3.63, 3.8) is 0 Å². The number of tetrazole rings is 1. The average Bonchev–Trinajstić information content (AvgIpc) is 2.39. The molecule has 1 aromatic rings. The quantitative estimate of drug-likeness (QED) is 0.653. The molecule has 5 heteroatoms. The highest BCUT2D eigenvalue weighted by Gasteiger charge is 1.95. The highest BCUT2D eigenvalue weighted by Crippen LogP contribution is 1.94. The molecule has 0 aliphatic rings. The van der Waals surface area contributed by atoms with E-state index in [-0.39, 0.29) is 6.04 Å². The molecule has 5 nitrogen and oxygen atoms in total. The molecule has 62 valence electrons. The first-order valence-corrected chi connectivity index (χ1v) is 3.75. The summed E-state index contributed by atoms with van der Waals surface area (Å²) in [6.07, 6.45) is 3.66. The van der Waals surface area contributed by atoms with Crippen LogP contribution in [0.3, 0.4) is 0 Å². The fourth-order valence-corrected chi connectivity index (χ4v) is 0.858. The van der Waals surface area contributed by atoms with Gasteiger partial charge in [0, 0.05) is 12.6 Å². The fraction of sp³-hybridized carbons (Fsp3) is 0.833. The van der Waals surface area contributed by atoms with E-state index >= 15 is 0 Å². The molecule has 0 spiro atoms. The van der Waals surface area contributed by atoms with E-state index < -0.39 is 0 Å². The van der Waals surface area contributed by atoms with Gasteiger partial charge in [-0.15, -0.1) is 5.10 Å². The Morgan fingerprint density at radius 2 is 2.45 bits per heavy atom. The first kappa shape index (κ1) is 8.13. The summed E-state index contributed by atoms with van der Waals surface area (Å²) in [7, 11) is 0. The smallest absolute Gasteiger partial charge is 0.138 e. The summed E-state index contributed by atoms with van der Waals surface area (Å²) in [5, 5.41) is 10.8. The molecule has 0 saturated carbocycles.